The second-order valence-electron chi connectivity index (χ2n) is 4.40. The van der Waals surface area contributed by atoms with Crippen LogP contribution in [0.4, 0.5) is 13.2 Å². The van der Waals surface area contributed by atoms with Gasteiger partial charge in [0.2, 0.25) is 0 Å². The van der Waals surface area contributed by atoms with Crippen LogP contribution >= 0.6 is 11.6 Å². The third-order valence-corrected chi connectivity index (χ3v) is 2.79. The van der Waals surface area contributed by atoms with E-state index in [0.717, 1.165) is 5.56 Å². The van der Waals surface area contributed by atoms with Crippen LogP contribution in [-0.2, 0) is 11.2 Å². The van der Waals surface area contributed by atoms with Crippen LogP contribution in [0, 0.1) is 0 Å². The molecule has 6 heteroatoms. The standard InChI is InChI=1S/C13H17ClF3NO/c14-11-5-3-10(4-6-11)8-12(18)2-1-7-19-9-13(15,16)17/h3-6,12H,1-2,7-9,18H2. The second-order valence-corrected chi connectivity index (χ2v) is 4.84. The van der Waals surface area contributed by atoms with Gasteiger partial charge in [-0.25, -0.2) is 0 Å². The van der Waals surface area contributed by atoms with E-state index >= 15 is 0 Å². The molecule has 1 atom stereocenters. The summed E-state index contributed by atoms with van der Waals surface area (Å²) in [6.45, 7) is -1.12. The SMILES string of the molecule is NC(CCCOCC(F)(F)F)Cc1ccc(Cl)cc1. The molecule has 0 fully saturated rings. The van der Waals surface area contributed by atoms with Crippen molar-refractivity contribution in [3.63, 3.8) is 0 Å². The molecule has 0 aliphatic carbocycles. The summed E-state index contributed by atoms with van der Waals surface area (Å²) < 4.78 is 39.9. The molecule has 0 spiro atoms. The number of nitrogens with two attached hydrogens (primary N) is 1. The molecular weight excluding hydrogens is 279 g/mol. The zero-order valence-electron chi connectivity index (χ0n) is 10.4. The van der Waals surface area contributed by atoms with Crippen molar-refractivity contribution in [2.45, 2.75) is 31.5 Å². The fourth-order valence-corrected chi connectivity index (χ4v) is 1.79. The number of hydrogen-bond donors (Lipinski definition) is 1. The lowest BCUT2D eigenvalue weighted by Crippen LogP contribution is -2.24. The van der Waals surface area contributed by atoms with Gasteiger partial charge in [-0.3, -0.25) is 0 Å². The monoisotopic (exact) mass is 295 g/mol. The van der Waals surface area contributed by atoms with E-state index in [1.54, 1.807) is 12.1 Å². The molecule has 0 radical (unpaired) electrons. The molecule has 0 amide bonds. The van der Waals surface area contributed by atoms with Gasteiger partial charge in [0.15, 0.2) is 0 Å². The highest BCUT2D eigenvalue weighted by Crippen LogP contribution is 2.15. The summed E-state index contributed by atoms with van der Waals surface area (Å²) >= 11 is 5.76. The Morgan fingerprint density at radius 1 is 1.21 bits per heavy atom. The van der Waals surface area contributed by atoms with Gasteiger partial charge in [0.1, 0.15) is 6.61 Å². The zero-order valence-corrected chi connectivity index (χ0v) is 11.2. The molecular formula is C13H17ClF3NO. The van der Waals surface area contributed by atoms with Crippen molar-refractivity contribution in [2.75, 3.05) is 13.2 Å². The van der Waals surface area contributed by atoms with E-state index < -0.39 is 12.8 Å². The van der Waals surface area contributed by atoms with E-state index in [2.05, 4.69) is 4.74 Å². The smallest absolute Gasteiger partial charge is 0.372 e. The molecule has 2 N–H and O–H groups in total. The minimum atomic E-state index is -4.26. The first-order valence-corrected chi connectivity index (χ1v) is 6.39. The molecule has 2 nitrogen and oxygen atoms in total. The lowest BCUT2D eigenvalue weighted by molar-refractivity contribution is -0.174. The summed E-state index contributed by atoms with van der Waals surface area (Å²) in [5.74, 6) is 0. The Morgan fingerprint density at radius 3 is 2.42 bits per heavy atom. The molecule has 0 bridgehead atoms. The van der Waals surface area contributed by atoms with Crippen molar-refractivity contribution in [1.29, 1.82) is 0 Å². The van der Waals surface area contributed by atoms with Crippen LogP contribution in [0.3, 0.4) is 0 Å². The summed E-state index contributed by atoms with van der Waals surface area (Å²) in [5.41, 5.74) is 6.96. The minimum Gasteiger partial charge on any atom is -0.372 e. The van der Waals surface area contributed by atoms with E-state index in [4.69, 9.17) is 17.3 Å². The Balaban J connectivity index is 2.14. The molecule has 108 valence electrons. The highest BCUT2D eigenvalue weighted by atomic mass is 35.5. The van der Waals surface area contributed by atoms with Gasteiger partial charge in [-0.15, -0.1) is 0 Å². The first kappa shape index (κ1) is 16.3. The maximum absolute atomic E-state index is 11.8. The number of benzene rings is 1. The molecule has 1 aromatic rings. The molecule has 1 unspecified atom stereocenters. The second kappa shape index (κ2) is 7.72. The van der Waals surface area contributed by atoms with Crippen LogP contribution in [0.25, 0.3) is 0 Å². The molecule has 1 rings (SSSR count). The predicted octanol–water partition coefficient (Wildman–Crippen LogP) is 3.57. The molecule has 0 aliphatic rings. The largest absolute Gasteiger partial charge is 0.411 e. The van der Waals surface area contributed by atoms with Gasteiger partial charge in [0.05, 0.1) is 0 Å². The quantitative estimate of drug-likeness (QED) is 0.781. The van der Waals surface area contributed by atoms with Gasteiger partial charge in [-0.2, -0.15) is 13.2 Å². The molecule has 0 heterocycles. The van der Waals surface area contributed by atoms with E-state index in [-0.39, 0.29) is 12.6 Å². The highest BCUT2D eigenvalue weighted by Gasteiger charge is 2.27. The Hall–Kier alpha value is -0.780. The molecule has 0 saturated heterocycles. The predicted molar refractivity (Wildman–Crippen MR) is 69.2 cm³/mol. The van der Waals surface area contributed by atoms with Crippen LogP contribution in [0.5, 0.6) is 0 Å². The number of alkyl halides is 3. The summed E-state index contributed by atoms with van der Waals surface area (Å²) in [7, 11) is 0. The summed E-state index contributed by atoms with van der Waals surface area (Å²) in [6, 6.07) is 7.27. The number of rotatable bonds is 7. The van der Waals surface area contributed by atoms with Crippen molar-refractivity contribution in [2.24, 2.45) is 5.73 Å². The van der Waals surface area contributed by atoms with Crippen LogP contribution in [0.1, 0.15) is 18.4 Å². The average Bonchev–Trinajstić information content (AvgIpc) is 2.30. The maximum atomic E-state index is 11.8. The number of hydrogen-bond acceptors (Lipinski definition) is 2. The Kier molecular flexibility index (Phi) is 6.62. The van der Waals surface area contributed by atoms with Crippen molar-refractivity contribution in [1.82, 2.24) is 0 Å². The van der Waals surface area contributed by atoms with E-state index in [0.29, 0.717) is 24.3 Å². The molecule has 19 heavy (non-hydrogen) atoms. The van der Waals surface area contributed by atoms with Crippen LogP contribution < -0.4 is 5.73 Å². The first-order valence-electron chi connectivity index (χ1n) is 6.01. The molecule has 0 saturated carbocycles. The van der Waals surface area contributed by atoms with Gasteiger partial charge < -0.3 is 10.5 Å². The van der Waals surface area contributed by atoms with Crippen molar-refractivity contribution in [3.05, 3.63) is 34.9 Å². The fourth-order valence-electron chi connectivity index (χ4n) is 1.66. The van der Waals surface area contributed by atoms with Crippen molar-refractivity contribution >= 4 is 11.6 Å². The molecule has 1 aromatic carbocycles. The van der Waals surface area contributed by atoms with E-state index in [9.17, 15) is 13.2 Å². The Labute approximate surface area is 115 Å². The lowest BCUT2D eigenvalue weighted by Gasteiger charge is -2.12. The number of halogens is 4. The van der Waals surface area contributed by atoms with Gasteiger partial charge in [0, 0.05) is 17.7 Å². The Bertz CT molecular complexity index is 367. The van der Waals surface area contributed by atoms with Crippen LogP contribution in [0.15, 0.2) is 24.3 Å². The summed E-state index contributed by atoms with van der Waals surface area (Å²) in [5, 5.41) is 0.665. The molecule has 0 aromatic heterocycles. The number of ether oxygens (including phenoxy) is 1. The summed E-state index contributed by atoms with van der Waals surface area (Å²) in [6.07, 6.45) is -2.44. The minimum absolute atomic E-state index is 0.0772. The van der Waals surface area contributed by atoms with Gasteiger partial charge in [-0.05, 0) is 37.0 Å². The first-order chi connectivity index (χ1) is 8.87. The molecule has 0 aliphatic heterocycles. The van der Waals surface area contributed by atoms with Gasteiger partial charge in [-0.1, -0.05) is 23.7 Å². The Morgan fingerprint density at radius 2 is 1.84 bits per heavy atom. The third kappa shape index (κ3) is 8.08. The zero-order chi connectivity index (χ0) is 14.3. The third-order valence-electron chi connectivity index (χ3n) is 2.54. The van der Waals surface area contributed by atoms with E-state index in [1.165, 1.54) is 0 Å². The maximum Gasteiger partial charge on any atom is 0.411 e. The van der Waals surface area contributed by atoms with Crippen molar-refractivity contribution in [3.8, 4) is 0 Å². The van der Waals surface area contributed by atoms with Gasteiger partial charge >= 0.3 is 6.18 Å². The van der Waals surface area contributed by atoms with Gasteiger partial charge in [0.25, 0.3) is 0 Å². The average molecular weight is 296 g/mol. The van der Waals surface area contributed by atoms with Crippen LogP contribution in [-0.4, -0.2) is 25.4 Å². The highest BCUT2D eigenvalue weighted by molar-refractivity contribution is 6.30. The topological polar surface area (TPSA) is 35.2 Å². The van der Waals surface area contributed by atoms with E-state index in [1.807, 2.05) is 12.1 Å². The lowest BCUT2D eigenvalue weighted by atomic mass is 10.0. The van der Waals surface area contributed by atoms with Crippen LogP contribution in [0.2, 0.25) is 5.02 Å². The summed E-state index contributed by atoms with van der Waals surface area (Å²) in [4.78, 5) is 0. The van der Waals surface area contributed by atoms with Crippen molar-refractivity contribution < 1.29 is 17.9 Å². The fraction of sp³-hybridized carbons (Fsp3) is 0.538. The normalized spacial score (nSPS) is 13.5.